The summed E-state index contributed by atoms with van der Waals surface area (Å²) in [4.78, 5) is 14.6. The van der Waals surface area contributed by atoms with Crippen LogP contribution in [0, 0.1) is 10.8 Å². The zero-order valence-electron chi connectivity index (χ0n) is 17.0. The Kier molecular flexibility index (Phi) is 5.34. The third kappa shape index (κ3) is 4.22. The summed E-state index contributed by atoms with van der Waals surface area (Å²) in [5, 5.41) is 3.43. The first-order chi connectivity index (χ1) is 12.2. The Morgan fingerprint density at radius 1 is 1.12 bits per heavy atom. The number of rotatable bonds is 3. The largest absolute Gasteiger partial charge is 0.465 e. The van der Waals surface area contributed by atoms with E-state index in [0.717, 1.165) is 26.2 Å². The molecule has 1 saturated carbocycles. The molecule has 4 nitrogen and oxygen atoms in total. The average Bonchev–Trinajstić information content (AvgIpc) is 2.58. The molecule has 0 amide bonds. The molecule has 2 fully saturated rings. The van der Waals surface area contributed by atoms with Crippen molar-refractivity contribution in [3.8, 4) is 0 Å². The molecule has 0 bridgehead atoms. The summed E-state index contributed by atoms with van der Waals surface area (Å²) < 4.78 is 4.98. The fourth-order valence-corrected chi connectivity index (χ4v) is 5.39. The van der Waals surface area contributed by atoms with Crippen LogP contribution >= 0.6 is 0 Å². The molecule has 144 valence electrons. The van der Waals surface area contributed by atoms with Crippen LogP contribution in [-0.2, 0) is 4.74 Å². The first-order valence-corrected chi connectivity index (χ1v) is 9.89. The fourth-order valence-electron chi connectivity index (χ4n) is 5.39. The number of nitrogens with zero attached hydrogens (tertiary/aromatic N) is 1. The zero-order chi connectivity index (χ0) is 18.9. The van der Waals surface area contributed by atoms with Gasteiger partial charge in [-0.15, -0.1) is 0 Å². The van der Waals surface area contributed by atoms with E-state index < -0.39 is 0 Å². The molecule has 0 atom stereocenters. The second-order valence-corrected chi connectivity index (χ2v) is 9.61. The molecular weight excluding hydrogens is 324 g/mol. The van der Waals surface area contributed by atoms with Gasteiger partial charge in [0.25, 0.3) is 0 Å². The Balaban J connectivity index is 2.02. The van der Waals surface area contributed by atoms with E-state index in [1.807, 2.05) is 6.07 Å². The lowest BCUT2D eigenvalue weighted by Crippen LogP contribution is -2.44. The first-order valence-electron chi connectivity index (χ1n) is 9.89. The van der Waals surface area contributed by atoms with Crippen LogP contribution in [0.4, 0.5) is 5.69 Å². The number of piperazine rings is 1. The number of nitrogens with one attached hydrogen (secondary N) is 1. The number of hydrogen-bond acceptors (Lipinski definition) is 4. The van der Waals surface area contributed by atoms with Gasteiger partial charge in [0.1, 0.15) is 0 Å². The number of benzene rings is 1. The second-order valence-electron chi connectivity index (χ2n) is 9.61. The minimum Gasteiger partial charge on any atom is -0.465 e. The molecule has 0 radical (unpaired) electrons. The van der Waals surface area contributed by atoms with Crippen molar-refractivity contribution in [1.82, 2.24) is 5.32 Å². The van der Waals surface area contributed by atoms with E-state index in [-0.39, 0.29) is 5.97 Å². The average molecular weight is 359 g/mol. The molecule has 26 heavy (non-hydrogen) atoms. The van der Waals surface area contributed by atoms with Crippen molar-refractivity contribution in [3.63, 3.8) is 0 Å². The van der Waals surface area contributed by atoms with Gasteiger partial charge in [0.05, 0.1) is 12.7 Å². The highest BCUT2D eigenvalue weighted by atomic mass is 16.5. The standard InChI is InChI=1S/C22H34N2O2/c1-21(2)13-17(14-22(3,4)15-21)18-12-16(20(25)26-5)6-7-19(18)24-10-8-23-9-11-24/h6-7,12,17,23H,8-11,13-15H2,1-5H3. The van der Waals surface area contributed by atoms with Gasteiger partial charge >= 0.3 is 5.97 Å². The molecule has 2 aliphatic rings. The Bertz CT molecular complexity index is 644. The Morgan fingerprint density at radius 2 is 1.73 bits per heavy atom. The molecule has 1 N–H and O–H groups in total. The molecule has 1 heterocycles. The summed E-state index contributed by atoms with van der Waals surface area (Å²) in [5.41, 5.74) is 3.93. The van der Waals surface area contributed by atoms with Crippen LogP contribution in [0.15, 0.2) is 18.2 Å². The lowest BCUT2D eigenvalue weighted by molar-refractivity contribution is 0.0600. The molecule has 0 spiro atoms. The van der Waals surface area contributed by atoms with Crippen LogP contribution in [0.3, 0.4) is 0 Å². The molecule has 1 aliphatic carbocycles. The van der Waals surface area contributed by atoms with E-state index in [1.165, 1.54) is 37.6 Å². The number of esters is 1. The van der Waals surface area contributed by atoms with E-state index in [9.17, 15) is 4.79 Å². The smallest absolute Gasteiger partial charge is 0.337 e. The SMILES string of the molecule is COC(=O)c1ccc(N2CCNCC2)c(C2CC(C)(C)CC(C)(C)C2)c1. The molecule has 1 aromatic rings. The first kappa shape index (κ1) is 19.2. The molecule has 3 rings (SSSR count). The van der Waals surface area contributed by atoms with Gasteiger partial charge in [-0.05, 0) is 59.8 Å². The Morgan fingerprint density at radius 3 is 2.31 bits per heavy atom. The fraction of sp³-hybridized carbons (Fsp3) is 0.682. The van der Waals surface area contributed by atoms with Crippen LogP contribution in [0.5, 0.6) is 0 Å². The van der Waals surface area contributed by atoms with Gasteiger partial charge in [0.15, 0.2) is 0 Å². The highest BCUT2D eigenvalue weighted by Crippen LogP contribution is 2.53. The topological polar surface area (TPSA) is 41.6 Å². The van der Waals surface area contributed by atoms with Gasteiger partial charge in [-0.3, -0.25) is 0 Å². The summed E-state index contributed by atoms with van der Waals surface area (Å²) in [6.45, 7) is 13.6. The van der Waals surface area contributed by atoms with Crippen molar-refractivity contribution in [2.75, 3.05) is 38.2 Å². The monoisotopic (exact) mass is 358 g/mol. The van der Waals surface area contributed by atoms with Gasteiger partial charge in [0, 0.05) is 31.9 Å². The quantitative estimate of drug-likeness (QED) is 0.822. The summed E-state index contributed by atoms with van der Waals surface area (Å²) in [7, 11) is 1.46. The van der Waals surface area contributed by atoms with E-state index in [4.69, 9.17) is 4.74 Å². The van der Waals surface area contributed by atoms with Crippen molar-refractivity contribution in [3.05, 3.63) is 29.3 Å². The molecule has 0 unspecified atom stereocenters. The number of anilines is 1. The third-order valence-corrected chi connectivity index (χ3v) is 5.90. The van der Waals surface area contributed by atoms with Gasteiger partial charge in [-0.2, -0.15) is 0 Å². The van der Waals surface area contributed by atoms with E-state index in [2.05, 4.69) is 50.0 Å². The molecular formula is C22H34N2O2. The van der Waals surface area contributed by atoms with Crippen molar-refractivity contribution < 1.29 is 9.53 Å². The van der Waals surface area contributed by atoms with Crippen LogP contribution in [0.25, 0.3) is 0 Å². The number of hydrogen-bond donors (Lipinski definition) is 1. The third-order valence-electron chi connectivity index (χ3n) is 5.90. The number of carbonyl (C=O) groups is 1. The molecule has 1 saturated heterocycles. The number of methoxy groups -OCH3 is 1. The van der Waals surface area contributed by atoms with Gasteiger partial charge in [-0.1, -0.05) is 27.7 Å². The predicted octanol–water partition coefficient (Wildman–Crippen LogP) is 4.20. The van der Waals surface area contributed by atoms with Crippen molar-refractivity contribution >= 4 is 11.7 Å². The van der Waals surface area contributed by atoms with E-state index in [0.29, 0.717) is 22.3 Å². The minimum absolute atomic E-state index is 0.243. The van der Waals surface area contributed by atoms with Crippen LogP contribution in [-0.4, -0.2) is 39.3 Å². The summed E-state index contributed by atoms with van der Waals surface area (Å²) in [6, 6.07) is 6.17. The van der Waals surface area contributed by atoms with Crippen LogP contribution in [0.2, 0.25) is 0 Å². The minimum atomic E-state index is -0.243. The maximum atomic E-state index is 12.1. The molecule has 4 heteroatoms. The van der Waals surface area contributed by atoms with Crippen molar-refractivity contribution in [1.29, 1.82) is 0 Å². The normalized spacial score (nSPS) is 22.9. The summed E-state index contributed by atoms with van der Waals surface area (Å²) in [5.74, 6) is 0.232. The summed E-state index contributed by atoms with van der Waals surface area (Å²) in [6.07, 6.45) is 3.58. The number of ether oxygens (including phenoxy) is 1. The van der Waals surface area contributed by atoms with Gasteiger partial charge in [-0.25, -0.2) is 4.79 Å². The van der Waals surface area contributed by atoms with E-state index in [1.54, 1.807) is 0 Å². The van der Waals surface area contributed by atoms with Crippen LogP contribution < -0.4 is 10.2 Å². The van der Waals surface area contributed by atoms with Crippen LogP contribution in [0.1, 0.15) is 68.8 Å². The predicted molar refractivity (Wildman–Crippen MR) is 107 cm³/mol. The highest BCUT2D eigenvalue weighted by Gasteiger charge is 2.40. The maximum Gasteiger partial charge on any atom is 0.337 e. The maximum absolute atomic E-state index is 12.1. The second kappa shape index (κ2) is 7.22. The lowest BCUT2D eigenvalue weighted by atomic mass is 9.60. The summed E-state index contributed by atoms with van der Waals surface area (Å²) >= 11 is 0. The van der Waals surface area contributed by atoms with Crippen molar-refractivity contribution in [2.45, 2.75) is 52.9 Å². The zero-order valence-corrected chi connectivity index (χ0v) is 17.0. The Hall–Kier alpha value is -1.55. The number of carbonyl (C=O) groups excluding carboxylic acids is 1. The lowest BCUT2D eigenvalue weighted by Gasteiger charge is -2.46. The Labute approximate surface area is 158 Å². The van der Waals surface area contributed by atoms with Crippen molar-refractivity contribution in [2.24, 2.45) is 10.8 Å². The highest BCUT2D eigenvalue weighted by molar-refractivity contribution is 5.90. The molecule has 0 aromatic heterocycles. The van der Waals surface area contributed by atoms with Gasteiger partial charge in [0.2, 0.25) is 0 Å². The van der Waals surface area contributed by atoms with Gasteiger partial charge < -0.3 is 15.0 Å². The molecule has 1 aliphatic heterocycles. The molecule has 1 aromatic carbocycles. The van der Waals surface area contributed by atoms with E-state index >= 15 is 0 Å².